The number of aromatic nitrogens is 2. The van der Waals surface area contributed by atoms with Crippen LogP contribution in [0.2, 0.25) is 0 Å². The highest BCUT2D eigenvalue weighted by molar-refractivity contribution is 5.76. The molecular formula is C15H18FN3O2. The van der Waals surface area contributed by atoms with Crippen molar-refractivity contribution < 1.29 is 13.6 Å². The molecule has 1 heterocycles. The Hall–Kier alpha value is -2.24. The summed E-state index contributed by atoms with van der Waals surface area (Å²) >= 11 is 0. The monoisotopic (exact) mass is 291 g/mol. The summed E-state index contributed by atoms with van der Waals surface area (Å²) in [7, 11) is 0. The highest BCUT2D eigenvalue weighted by Gasteiger charge is 2.11. The van der Waals surface area contributed by atoms with Gasteiger partial charge < -0.3 is 9.73 Å². The summed E-state index contributed by atoms with van der Waals surface area (Å²) in [5.74, 6) is 0.368. The third-order valence-corrected chi connectivity index (χ3v) is 3.14. The molecule has 2 aromatic rings. The molecule has 0 radical (unpaired) electrons. The predicted octanol–water partition coefficient (Wildman–Crippen LogP) is 2.72. The van der Waals surface area contributed by atoms with Crippen molar-refractivity contribution >= 4 is 5.91 Å². The van der Waals surface area contributed by atoms with Gasteiger partial charge >= 0.3 is 0 Å². The quantitative estimate of drug-likeness (QED) is 0.888. The Bertz CT molecular complexity index is 595. The number of nitrogens with zero attached hydrogens (tertiary/aromatic N) is 2. The summed E-state index contributed by atoms with van der Waals surface area (Å²) in [6, 6.07) is 5.97. The summed E-state index contributed by atoms with van der Waals surface area (Å²) < 4.78 is 18.3. The molecule has 1 atom stereocenters. The SMILES string of the molecule is CCC(C)NC(=O)CCc1nnc(-c2ccc(F)cc2)o1. The first-order valence-corrected chi connectivity index (χ1v) is 6.96. The smallest absolute Gasteiger partial charge is 0.247 e. The van der Waals surface area contributed by atoms with Crippen LogP contribution in [0.3, 0.4) is 0 Å². The third-order valence-electron chi connectivity index (χ3n) is 3.14. The Labute approximate surface area is 122 Å². The molecule has 21 heavy (non-hydrogen) atoms. The van der Waals surface area contributed by atoms with E-state index in [1.807, 2.05) is 13.8 Å². The minimum absolute atomic E-state index is 0.0362. The average Bonchev–Trinajstić information content (AvgIpc) is 2.94. The molecule has 5 nitrogen and oxygen atoms in total. The van der Waals surface area contributed by atoms with E-state index in [0.29, 0.717) is 30.2 Å². The van der Waals surface area contributed by atoms with Gasteiger partial charge in [0, 0.05) is 24.4 Å². The summed E-state index contributed by atoms with van der Waals surface area (Å²) in [6.07, 6.45) is 1.58. The molecular weight excluding hydrogens is 273 g/mol. The molecule has 112 valence electrons. The van der Waals surface area contributed by atoms with Crippen molar-refractivity contribution in [2.45, 2.75) is 39.2 Å². The maximum Gasteiger partial charge on any atom is 0.247 e. The van der Waals surface area contributed by atoms with E-state index in [0.717, 1.165) is 6.42 Å². The Morgan fingerprint density at radius 1 is 1.33 bits per heavy atom. The lowest BCUT2D eigenvalue weighted by molar-refractivity contribution is -0.121. The van der Waals surface area contributed by atoms with E-state index in [-0.39, 0.29) is 17.8 Å². The fourth-order valence-corrected chi connectivity index (χ4v) is 1.73. The Kier molecular flexibility index (Phi) is 5.03. The molecule has 0 aliphatic carbocycles. The van der Waals surface area contributed by atoms with Crippen molar-refractivity contribution in [1.82, 2.24) is 15.5 Å². The van der Waals surface area contributed by atoms with Crippen LogP contribution in [0.1, 0.15) is 32.6 Å². The lowest BCUT2D eigenvalue weighted by Crippen LogP contribution is -2.32. The summed E-state index contributed by atoms with van der Waals surface area (Å²) in [5, 5.41) is 10.7. The van der Waals surface area contributed by atoms with E-state index in [4.69, 9.17) is 4.42 Å². The van der Waals surface area contributed by atoms with E-state index in [9.17, 15) is 9.18 Å². The zero-order chi connectivity index (χ0) is 15.2. The molecule has 1 amide bonds. The Balaban J connectivity index is 1.91. The van der Waals surface area contributed by atoms with Crippen LogP contribution >= 0.6 is 0 Å². The van der Waals surface area contributed by atoms with Gasteiger partial charge in [-0.3, -0.25) is 4.79 Å². The normalized spacial score (nSPS) is 12.1. The maximum atomic E-state index is 12.8. The van der Waals surface area contributed by atoms with Crippen LogP contribution in [0.4, 0.5) is 4.39 Å². The molecule has 1 unspecified atom stereocenters. The number of benzene rings is 1. The van der Waals surface area contributed by atoms with E-state index in [1.165, 1.54) is 12.1 Å². The lowest BCUT2D eigenvalue weighted by atomic mass is 10.2. The number of rotatable bonds is 6. The Morgan fingerprint density at radius 2 is 2.05 bits per heavy atom. The highest BCUT2D eigenvalue weighted by atomic mass is 19.1. The van der Waals surface area contributed by atoms with Gasteiger partial charge in [0.1, 0.15) is 5.82 Å². The minimum Gasteiger partial charge on any atom is -0.421 e. The number of hydrogen-bond donors (Lipinski definition) is 1. The lowest BCUT2D eigenvalue weighted by Gasteiger charge is -2.10. The van der Waals surface area contributed by atoms with E-state index < -0.39 is 0 Å². The first-order chi connectivity index (χ1) is 10.1. The molecule has 1 N–H and O–H groups in total. The van der Waals surface area contributed by atoms with E-state index in [2.05, 4.69) is 15.5 Å². The summed E-state index contributed by atoms with van der Waals surface area (Å²) in [6.45, 7) is 3.97. The summed E-state index contributed by atoms with van der Waals surface area (Å²) in [5.41, 5.74) is 0.652. The number of nitrogens with one attached hydrogen (secondary N) is 1. The van der Waals surface area contributed by atoms with Gasteiger partial charge in [0.2, 0.25) is 17.7 Å². The van der Waals surface area contributed by atoms with Crippen molar-refractivity contribution in [2.75, 3.05) is 0 Å². The first-order valence-electron chi connectivity index (χ1n) is 6.96. The third kappa shape index (κ3) is 4.37. The van der Waals surface area contributed by atoms with E-state index >= 15 is 0 Å². The van der Waals surface area contributed by atoms with Crippen molar-refractivity contribution in [3.63, 3.8) is 0 Å². The van der Waals surface area contributed by atoms with Gasteiger partial charge in [-0.15, -0.1) is 10.2 Å². The molecule has 0 fully saturated rings. The topological polar surface area (TPSA) is 68.0 Å². The van der Waals surface area contributed by atoms with Crippen LogP contribution < -0.4 is 5.32 Å². The molecule has 1 aromatic heterocycles. The van der Waals surface area contributed by atoms with Crippen molar-refractivity contribution in [1.29, 1.82) is 0 Å². The van der Waals surface area contributed by atoms with Gasteiger partial charge in [0.15, 0.2) is 0 Å². The van der Waals surface area contributed by atoms with Gasteiger partial charge in [0.05, 0.1) is 0 Å². The van der Waals surface area contributed by atoms with Gasteiger partial charge in [-0.05, 0) is 37.6 Å². The Morgan fingerprint density at radius 3 is 2.71 bits per heavy atom. The largest absolute Gasteiger partial charge is 0.421 e. The molecule has 0 bridgehead atoms. The fraction of sp³-hybridized carbons (Fsp3) is 0.400. The zero-order valence-corrected chi connectivity index (χ0v) is 12.1. The second-order valence-electron chi connectivity index (χ2n) is 4.88. The second-order valence-corrected chi connectivity index (χ2v) is 4.88. The van der Waals surface area contributed by atoms with Gasteiger partial charge in [0.25, 0.3) is 0 Å². The van der Waals surface area contributed by atoms with E-state index in [1.54, 1.807) is 12.1 Å². The summed E-state index contributed by atoms with van der Waals surface area (Å²) in [4.78, 5) is 11.7. The number of hydrogen-bond acceptors (Lipinski definition) is 4. The standard InChI is InChI=1S/C15H18FN3O2/c1-3-10(2)17-13(20)8-9-14-18-19-15(21-14)11-4-6-12(16)7-5-11/h4-7,10H,3,8-9H2,1-2H3,(H,17,20). The second kappa shape index (κ2) is 6.97. The molecule has 6 heteroatoms. The molecule has 0 saturated heterocycles. The van der Waals surface area contributed by atoms with Crippen molar-refractivity contribution in [2.24, 2.45) is 0 Å². The van der Waals surface area contributed by atoms with Crippen LogP contribution in [0.5, 0.6) is 0 Å². The first kappa shape index (κ1) is 15.2. The highest BCUT2D eigenvalue weighted by Crippen LogP contribution is 2.18. The van der Waals surface area contributed by atoms with Gasteiger partial charge in [-0.25, -0.2) is 4.39 Å². The van der Waals surface area contributed by atoms with Gasteiger partial charge in [-0.1, -0.05) is 6.92 Å². The number of halogens is 1. The van der Waals surface area contributed by atoms with Crippen LogP contribution in [0.25, 0.3) is 11.5 Å². The molecule has 0 aliphatic rings. The van der Waals surface area contributed by atoms with Crippen molar-refractivity contribution in [3.05, 3.63) is 36.0 Å². The number of carbonyl (C=O) groups excluding carboxylic acids is 1. The molecule has 0 saturated carbocycles. The average molecular weight is 291 g/mol. The predicted molar refractivity (Wildman–Crippen MR) is 75.9 cm³/mol. The molecule has 0 aliphatic heterocycles. The van der Waals surface area contributed by atoms with Crippen LogP contribution in [-0.2, 0) is 11.2 Å². The van der Waals surface area contributed by atoms with Crippen LogP contribution in [0, 0.1) is 5.82 Å². The molecule has 0 spiro atoms. The number of aryl methyl sites for hydroxylation is 1. The van der Waals surface area contributed by atoms with Crippen molar-refractivity contribution in [3.8, 4) is 11.5 Å². The minimum atomic E-state index is -0.319. The van der Waals surface area contributed by atoms with Crippen LogP contribution in [-0.4, -0.2) is 22.1 Å². The van der Waals surface area contributed by atoms with Gasteiger partial charge in [-0.2, -0.15) is 0 Å². The number of amides is 1. The fourth-order valence-electron chi connectivity index (χ4n) is 1.73. The number of carbonyl (C=O) groups is 1. The maximum absolute atomic E-state index is 12.8. The molecule has 2 rings (SSSR count). The van der Waals surface area contributed by atoms with Crippen LogP contribution in [0.15, 0.2) is 28.7 Å². The zero-order valence-electron chi connectivity index (χ0n) is 12.1. The molecule has 1 aromatic carbocycles.